The van der Waals surface area contributed by atoms with Gasteiger partial charge in [0.25, 0.3) is 0 Å². The van der Waals surface area contributed by atoms with Gasteiger partial charge in [0, 0.05) is 5.56 Å². The van der Waals surface area contributed by atoms with E-state index in [1.807, 2.05) is 37.3 Å². The van der Waals surface area contributed by atoms with Crippen LogP contribution in [0.25, 0.3) is 0 Å². The number of nitrogens with zero attached hydrogens (tertiary/aromatic N) is 1. The first-order valence-corrected chi connectivity index (χ1v) is 7.01. The van der Waals surface area contributed by atoms with Crippen molar-refractivity contribution >= 4 is 21.8 Å². The number of oxime groups is 1. The largest absolute Gasteiger partial charge is 0.483 e. The molecule has 1 atom stereocenters. The van der Waals surface area contributed by atoms with E-state index in [4.69, 9.17) is 15.7 Å². The Bertz CT molecular complexity index is 662. The summed E-state index contributed by atoms with van der Waals surface area (Å²) >= 11 is 3.09. The Labute approximate surface area is 130 Å². The summed E-state index contributed by atoms with van der Waals surface area (Å²) in [5, 5.41) is 11.5. The number of halogens is 2. The summed E-state index contributed by atoms with van der Waals surface area (Å²) in [4.78, 5) is 0. The molecule has 0 amide bonds. The van der Waals surface area contributed by atoms with Crippen LogP contribution in [-0.2, 0) is 0 Å². The van der Waals surface area contributed by atoms with Gasteiger partial charge in [0.05, 0.1) is 4.47 Å². The van der Waals surface area contributed by atoms with E-state index >= 15 is 0 Å². The van der Waals surface area contributed by atoms with Gasteiger partial charge in [0.15, 0.2) is 17.4 Å². The first kappa shape index (κ1) is 15.3. The Balaban J connectivity index is 2.28. The van der Waals surface area contributed by atoms with Crippen LogP contribution < -0.4 is 10.5 Å². The topological polar surface area (TPSA) is 67.8 Å². The first-order chi connectivity index (χ1) is 10.0. The maximum Gasteiger partial charge on any atom is 0.179 e. The predicted octanol–water partition coefficient (Wildman–Crippen LogP) is 3.82. The quantitative estimate of drug-likeness (QED) is 0.380. The van der Waals surface area contributed by atoms with Gasteiger partial charge >= 0.3 is 0 Å². The normalized spacial score (nSPS) is 13.0. The molecule has 0 aromatic heterocycles. The lowest BCUT2D eigenvalue weighted by Gasteiger charge is -2.16. The molecule has 2 aromatic rings. The number of hydrogen-bond donors (Lipinski definition) is 2. The monoisotopic (exact) mass is 352 g/mol. The van der Waals surface area contributed by atoms with Gasteiger partial charge < -0.3 is 15.7 Å². The average Bonchev–Trinajstić information content (AvgIpc) is 2.52. The Morgan fingerprint density at radius 1 is 1.29 bits per heavy atom. The summed E-state index contributed by atoms with van der Waals surface area (Å²) < 4.78 is 20.0. The van der Waals surface area contributed by atoms with Gasteiger partial charge in [-0.3, -0.25) is 0 Å². The zero-order valence-corrected chi connectivity index (χ0v) is 12.8. The summed E-state index contributed by atoms with van der Waals surface area (Å²) in [5.74, 6) is -0.682. The van der Waals surface area contributed by atoms with Crippen molar-refractivity contribution in [2.45, 2.75) is 13.0 Å². The van der Waals surface area contributed by atoms with Gasteiger partial charge in [-0.1, -0.05) is 35.5 Å². The van der Waals surface area contributed by atoms with Gasteiger partial charge in [0.1, 0.15) is 6.10 Å². The van der Waals surface area contributed by atoms with Crippen molar-refractivity contribution in [3.63, 3.8) is 0 Å². The van der Waals surface area contributed by atoms with Crippen LogP contribution >= 0.6 is 15.9 Å². The van der Waals surface area contributed by atoms with Crippen molar-refractivity contribution in [3.05, 3.63) is 63.9 Å². The maximum absolute atomic E-state index is 14.3. The highest BCUT2D eigenvalue weighted by molar-refractivity contribution is 9.10. The minimum absolute atomic E-state index is 0.0905. The van der Waals surface area contributed by atoms with E-state index in [9.17, 15) is 4.39 Å². The Hall–Kier alpha value is -2.08. The summed E-state index contributed by atoms with van der Waals surface area (Å²) in [6.45, 7) is 1.83. The Morgan fingerprint density at radius 3 is 2.57 bits per heavy atom. The molecule has 0 heterocycles. The minimum atomic E-state index is -0.595. The SMILES string of the molecule is CC(Oc1ccc(/C(N)=N/O)c(Br)c1F)c1ccccc1. The van der Waals surface area contributed by atoms with Gasteiger partial charge in [-0.05, 0) is 40.5 Å². The fraction of sp³-hybridized carbons (Fsp3) is 0.133. The first-order valence-electron chi connectivity index (χ1n) is 6.22. The molecule has 4 nitrogen and oxygen atoms in total. The minimum Gasteiger partial charge on any atom is -0.483 e. The maximum atomic E-state index is 14.3. The molecule has 0 radical (unpaired) electrons. The fourth-order valence-electron chi connectivity index (χ4n) is 1.86. The van der Waals surface area contributed by atoms with Crippen molar-refractivity contribution in [1.82, 2.24) is 0 Å². The zero-order chi connectivity index (χ0) is 15.4. The summed E-state index contributed by atoms with van der Waals surface area (Å²) in [7, 11) is 0. The average molecular weight is 353 g/mol. The van der Waals surface area contributed by atoms with Crippen molar-refractivity contribution in [1.29, 1.82) is 0 Å². The van der Waals surface area contributed by atoms with Gasteiger partial charge in [-0.2, -0.15) is 0 Å². The van der Waals surface area contributed by atoms with Gasteiger partial charge in [0.2, 0.25) is 0 Å². The van der Waals surface area contributed by atoms with E-state index in [1.54, 1.807) is 0 Å². The number of ether oxygens (including phenoxy) is 1. The molecule has 21 heavy (non-hydrogen) atoms. The predicted molar refractivity (Wildman–Crippen MR) is 82.1 cm³/mol. The third kappa shape index (κ3) is 3.33. The smallest absolute Gasteiger partial charge is 0.179 e. The number of benzene rings is 2. The lowest BCUT2D eigenvalue weighted by Crippen LogP contribution is -2.15. The number of rotatable bonds is 4. The van der Waals surface area contributed by atoms with Crippen LogP contribution in [0.15, 0.2) is 52.1 Å². The third-order valence-corrected chi connectivity index (χ3v) is 3.78. The summed E-state index contributed by atoms with van der Waals surface area (Å²) in [6, 6.07) is 12.5. The molecular weight excluding hydrogens is 339 g/mol. The van der Waals surface area contributed by atoms with Crippen molar-refractivity contribution in [3.8, 4) is 5.75 Å². The molecule has 0 aliphatic heterocycles. The Kier molecular flexibility index (Phi) is 4.80. The van der Waals surface area contributed by atoms with Crippen LogP contribution in [0, 0.1) is 5.82 Å². The highest BCUT2D eigenvalue weighted by Crippen LogP contribution is 2.31. The van der Waals surface area contributed by atoms with Gasteiger partial charge in [-0.15, -0.1) is 0 Å². The van der Waals surface area contributed by atoms with Crippen molar-refractivity contribution in [2.75, 3.05) is 0 Å². The standard InChI is InChI=1S/C15H14BrFN2O2/c1-9(10-5-3-2-4-6-10)21-12-8-7-11(15(18)19-20)13(16)14(12)17/h2-9,20H,1H3,(H2,18,19). The van der Waals surface area contributed by atoms with Crippen LogP contribution in [0.4, 0.5) is 4.39 Å². The highest BCUT2D eigenvalue weighted by Gasteiger charge is 2.17. The van der Waals surface area contributed by atoms with E-state index in [0.717, 1.165) is 5.56 Å². The third-order valence-electron chi connectivity index (χ3n) is 3.00. The molecule has 1 unspecified atom stereocenters. The highest BCUT2D eigenvalue weighted by atomic mass is 79.9. The fourth-order valence-corrected chi connectivity index (χ4v) is 2.39. The van der Waals surface area contributed by atoms with Crippen LogP contribution in [0.5, 0.6) is 5.75 Å². The molecule has 0 saturated heterocycles. The van der Waals surface area contributed by atoms with E-state index in [-0.39, 0.29) is 27.7 Å². The van der Waals surface area contributed by atoms with Crippen LogP contribution in [0.3, 0.4) is 0 Å². The van der Waals surface area contributed by atoms with Crippen LogP contribution in [0.1, 0.15) is 24.2 Å². The van der Waals surface area contributed by atoms with E-state index in [0.29, 0.717) is 0 Å². The molecule has 0 fully saturated rings. The molecule has 110 valence electrons. The molecule has 0 aliphatic carbocycles. The number of nitrogens with two attached hydrogens (primary N) is 1. The number of amidine groups is 1. The lowest BCUT2D eigenvalue weighted by atomic mass is 10.1. The van der Waals surface area contributed by atoms with E-state index in [2.05, 4.69) is 21.1 Å². The lowest BCUT2D eigenvalue weighted by molar-refractivity contribution is 0.216. The summed E-state index contributed by atoms with van der Waals surface area (Å²) in [6.07, 6.45) is -0.303. The molecular formula is C15H14BrFN2O2. The number of hydrogen-bond acceptors (Lipinski definition) is 3. The molecule has 6 heteroatoms. The summed E-state index contributed by atoms with van der Waals surface area (Å²) in [5.41, 5.74) is 6.67. The molecule has 0 saturated carbocycles. The van der Waals surface area contributed by atoms with Crippen molar-refractivity contribution < 1.29 is 14.3 Å². The van der Waals surface area contributed by atoms with Gasteiger partial charge in [-0.25, -0.2) is 4.39 Å². The van der Waals surface area contributed by atoms with Crippen molar-refractivity contribution in [2.24, 2.45) is 10.9 Å². The van der Waals surface area contributed by atoms with Crippen LogP contribution in [0.2, 0.25) is 0 Å². The molecule has 3 N–H and O–H groups in total. The molecule has 2 rings (SSSR count). The molecule has 0 aliphatic rings. The molecule has 0 spiro atoms. The Morgan fingerprint density at radius 2 is 1.95 bits per heavy atom. The van der Waals surface area contributed by atoms with E-state index < -0.39 is 5.82 Å². The zero-order valence-electron chi connectivity index (χ0n) is 11.3. The molecule has 0 bridgehead atoms. The van der Waals surface area contributed by atoms with Crippen LogP contribution in [-0.4, -0.2) is 11.0 Å². The molecule has 2 aromatic carbocycles. The second-order valence-electron chi connectivity index (χ2n) is 4.40. The second kappa shape index (κ2) is 6.58. The van der Waals surface area contributed by atoms with E-state index in [1.165, 1.54) is 12.1 Å². The second-order valence-corrected chi connectivity index (χ2v) is 5.19.